The number of hydrogen-bond acceptors (Lipinski definition) is 1. The first-order chi connectivity index (χ1) is 6.83. The maximum absolute atomic E-state index is 6.02. The molecule has 1 rings (SSSR count). The minimum absolute atomic E-state index is 0.340. The first kappa shape index (κ1) is 11.4. The summed E-state index contributed by atoms with van der Waals surface area (Å²) in [5, 5.41) is 3.71. The van der Waals surface area contributed by atoms with Crippen LogP contribution in [0.25, 0.3) is 0 Å². The maximum atomic E-state index is 6.02. The van der Waals surface area contributed by atoms with Crippen LogP contribution in [0.4, 0.5) is 5.69 Å². The van der Waals surface area contributed by atoms with Crippen LogP contribution in [0.1, 0.15) is 26.2 Å². The zero-order valence-corrected chi connectivity index (χ0v) is 9.43. The Kier molecular flexibility index (Phi) is 5.46. The van der Waals surface area contributed by atoms with Crippen LogP contribution in [-0.2, 0) is 0 Å². The molecule has 0 amide bonds. The number of alkyl halides is 1. The molecule has 1 aromatic rings. The number of hydrogen-bond donors (Lipinski definition) is 1. The van der Waals surface area contributed by atoms with Crippen LogP contribution in [0.15, 0.2) is 30.3 Å². The lowest BCUT2D eigenvalue weighted by atomic mass is 10.2. The Bertz CT molecular complexity index is 235. The van der Waals surface area contributed by atoms with Gasteiger partial charge in [0.15, 0.2) is 0 Å². The van der Waals surface area contributed by atoms with Gasteiger partial charge in [-0.2, -0.15) is 0 Å². The van der Waals surface area contributed by atoms with E-state index < -0.39 is 0 Å². The first-order valence-corrected chi connectivity index (χ1v) is 5.69. The fourth-order valence-electron chi connectivity index (χ4n) is 1.32. The second-order valence-electron chi connectivity index (χ2n) is 3.44. The van der Waals surface area contributed by atoms with E-state index in [1.54, 1.807) is 0 Å². The summed E-state index contributed by atoms with van der Waals surface area (Å²) >= 11 is 6.02. The smallest absolute Gasteiger partial charge is 0.0340 e. The molecular weight excluding hydrogens is 194 g/mol. The molecule has 0 aromatic heterocycles. The third kappa shape index (κ3) is 4.52. The zero-order chi connectivity index (χ0) is 10.2. The van der Waals surface area contributed by atoms with E-state index in [4.69, 9.17) is 11.6 Å². The summed E-state index contributed by atoms with van der Waals surface area (Å²) in [6, 6.07) is 10.3. The van der Waals surface area contributed by atoms with Gasteiger partial charge in [-0.05, 0) is 31.4 Å². The molecule has 0 saturated carbocycles. The minimum atomic E-state index is 0.340. The van der Waals surface area contributed by atoms with Crippen LogP contribution in [-0.4, -0.2) is 11.9 Å². The number of rotatable bonds is 6. The Balaban J connectivity index is 2.10. The van der Waals surface area contributed by atoms with Gasteiger partial charge in [0.2, 0.25) is 0 Å². The average Bonchev–Trinajstić information content (AvgIpc) is 2.25. The molecule has 0 aliphatic heterocycles. The summed E-state index contributed by atoms with van der Waals surface area (Å²) in [6.07, 6.45) is 3.29. The van der Waals surface area contributed by atoms with Gasteiger partial charge in [0.1, 0.15) is 0 Å². The fraction of sp³-hybridized carbons (Fsp3) is 0.500. The van der Waals surface area contributed by atoms with E-state index in [9.17, 15) is 0 Å². The minimum Gasteiger partial charge on any atom is -0.385 e. The monoisotopic (exact) mass is 211 g/mol. The summed E-state index contributed by atoms with van der Waals surface area (Å²) in [5.74, 6) is 0. The molecule has 1 aromatic carbocycles. The lowest BCUT2D eigenvalue weighted by Crippen LogP contribution is -2.04. The van der Waals surface area contributed by atoms with E-state index in [0.717, 1.165) is 25.8 Å². The molecule has 78 valence electrons. The summed E-state index contributed by atoms with van der Waals surface area (Å²) in [6.45, 7) is 3.13. The lowest BCUT2D eigenvalue weighted by Gasteiger charge is -2.08. The second-order valence-corrected chi connectivity index (χ2v) is 4.06. The van der Waals surface area contributed by atoms with Crippen LogP contribution in [0.5, 0.6) is 0 Å². The molecule has 0 spiro atoms. The predicted molar refractivity (Wildman–Crippen MR) is 64.1 cm³/mol. The van der Waals surface area contributed by atoms with E-state index in [2.05, 4.69) is 24.4 Å². The molecule has 0 saturated heterocycles. The number of para-hydroxylation sites is 1. The van der Waals surface area contributed by atoms with Crippen LogP contribution >= 0.6 is 11.6 Å². The van der Waals surface area contributed by atoms with Crippen molar-refractivity contribution in [1.29, 1.82) is 0 Å². The summed E-state index contributed by atoms with van der Waals surface area (Å²) in [4.78, 5) is 0. The van der Waals surface area contributed by atoms with Crippen molar-refractivity contribution in [2.24, 2.45) is 0 Å². The number of nitrogens with one attached hydrogen (secondary N) is 1. The highest BCUT2D eigenvalue weighted by atomic mass is 35.5. The van der Waals surface area contributed by atoms with Crippen LogP contribution in [0.2, 0.25) is 0 Å². The molecule has 0 aliphatic rings. The van der Waals surface area contributed by atoms with Crippen LogP contribution in [0.3, 0.4) is 0 Å². The van der Waals surface area contributed by atoms with Crippen molar-refractivity contribution in [2.45, 2.75) is 31.6 Å². The first-order valence-electron chi connectivity index (χ1n) is 5.26. The Hall–Kier alpha value is -0.690. The van der Waals surface area contributed by atoms with Crippen molar-refractivity contribution in [1.82, 2.24) is 0 Å². The number of benzene rings is 1. The highest BCUT2D eigenvalue weighted by molar-refractivity contribution is 6.20. The van der Waals surface area contributed by atoms with E-state index >= 15 is 0 Å². The highest BCUT2D eigenvalue weighted by Gasteiger charge is 1.99. The third-order valence-corrected chi connectivity index (χ3v) is 2.77. The van der Waals surface area contributed by atoms with Gasteiger partial charge in [-0.3, -0.25) is 0 Å². The topological polar surface area (TPSA) is 12.0 Å². The summed E-state index contributed by atoms with van der Waals surface area (Å²) in [5.41, 5.74) is 1.19. The molecule has 0 fully saturated rings. The van der Waals surface area contributed by atoms with E-state index in [0.29, 0.717) is 5.38 Å². The molecule has 1 N–H and O–H groups in total. The van der Waals surface area contributed by atoms with Gasteiger partial charge in [0, 0.05) is 17.6 Å². The zero-order valence-electron chi connectivity index (χ0n) is 8.67. The van der Waals surface area contributed by atoms with Gasteiger partial charge >= 0.3 is 0 Å². The molecule has 14 heavy (non-hydrogen) atoms. The number of halogens is 1. The summed E-state index contributed by atoms with van der Waals surface area (Å²) in [7, 11) is 0. The van der Waals surface area contributed by atoms with Gasteiger partial charge < -0.3 is 5.32 Å². The van der Waals surface area contributed by atoms with Crippen molar-refractivity contribution in [2.75, 3.05) is 11.9 Å². The number of anilines is 1. The van der Waals surface area contributed by atoms with Crippen molar-refractivity contribution in [3.63, 3.8) is 0 Å². The molecular formula is C12H18ClN. The molecule has 1 unspecified atom stereocenters. The van der Waals surface area contributed by atoms with Gasteiger partial charge in [-0.25, -0.2) is 0 Å². The Labute approximate surface area is 91.5 Å². The lowest BCUT2D eigenvalue weighted by molar-refractivity contribution is 0.693. The van der Waals surface area contributed by atoms with Crippen LogP contribution in [0, 0.1) is 0 Å². The van der Waals surface area contributed by atoms with Gasteiger partial charge in [-0.1, -0.05) is 25.1 Å². The van der Waals surface area contributed by atoms with Crippen molar-refractivity contribution >= 4 is 17.3 Å². The fourth-order valence-corrected chi connectivity index (χ4v) is 1.47. The van der Waals surface area contributed by atoms with Crippen molar-refractivity contribution in [3.8, 4) is 0 Å². The SMILES string of the molecule is CCC(Cl)CCCNc1ccccc1. The molecule has 0 radical (unpaired) electrons. The Morgan fingerprint density at radius 1 is 1.29 bits per heavy atom. The largest absolute Gasteiger partial charge is 0.385 e. The van der Waals surface area contributed by atoms with Crippen LogP contribution < -0.4 is 5.32 Å². The molecule has 1 nitrogen and oxygen atoms in total. The van der Waals surface area contributed by atoms with Gasteiger partial charge in [0.25, 0.3) is 0 Å². The molecule has 0 bridgehead atoms. The standard InChI is InChI=1S/C12H18ClN/c1-2-11(13)7-6-10-14-12-8-4-3-5-9-12/h3-5,8-9,11,14H,2,6-7,10H2,1H3. The van der Waals surface area contributed by atoms with Gasteiger partial charge in [0.05, 0.1) is 0 Å². The second kappa shape index (κ2) is 6.72. The Morgan fingerprint density at radius 2 is 2.00 bits per heavy atom. The maximum Gasteiger partial charge on any atom is 0.0340 e. The highest BCUT2D eigenvalue weighted by Crippen LogP contribution is 2.10. The quantitative estimate of drug-likeness (QED) is 0.556. The van der Waals surface area contributed by atoms with E-state index in [1.807, 2.05) is 18.2 Å². The van der Waals surface area contributed by atoms with E-state index in [1.165, 1.54) is 5.69 Å². The summed E-state index contributed by atoms with van der Waals surface area (Å²) < 4.78 is 0. The predicted octanol–water partition coefficient (Wildman–Crippen LogP) is 3.90. The van der Waals surface area contributed by atoms with E-state index in [-0.39, 0.29) is 0 Å². The normalized spacial score (nSPS) is 12.4. The molecule has 2 heteroatoms. The molecule has 0 heterocycles. The van der Waals surface area contributed by atoms with Gasteiger partial charge in [-0.15, -0.1) is 11.6 Å². The van der Waals surface area contributed by atoms with Crippen molar-refractivity contribution in [3.05, 3.63) is 30.3 Å². The molecule has 1 atom stereocenters. The average molecular weight is 212 g/mol. The third-order valence-electron chi connectivity index (χ3n) is 2.24. The molecule has 0 aliphatic carbocycles. The van der Waals surface area contributed by atoms with Crippen molar-refractivity contribution < 1.29 is 0 Å². The Morgan fingerprint density at radius 3 is 2.64 bits per heavy atom.